The molecule has 1 unspecified atom stereocenters. The standard InChI is InChI=1S/C15H20N2O3S/c1-17-10-5-8-14(17)15(18)12-16-21(19,20)11-9-13-6-3-2-4-7-13/h2-8,10,15-16,18H,9,11-12H2,1H3. The van der Waals surface area contributed by atoms with Crippen molar-refractivity contribution >= 4 is 10.0 Å². The molecule has 114 valence electrons. The zero-order valence-electron chi connectivity index (χ0n) is 11.9. The largest absolute Gasteiger partial charge is 0.386 e. The smallest absolute Gasteiger partial charge is 0.212 e. The Bertz CT molecular complexity index is 665. The van der Waals surface area contributed by atoms with E-state index >= 15 is 0 Å². The van der Waals surface area contributed by atoms with E-state index in [0.29, 0.717) is 12.1 Å². The molecule has 0 saturated heterocycles. The molecule has 2 N–H and O–H groups in total. The van der Waals surface area contributed by atoms with Crippen LogP contribution in [0.5, 0.6) is 0 Å². The first-order valence-corrected chi connectivity index (χ1v) is 8.44. The summed E-state index contributed by atoms with van der Waals surface area (Å²) >= 11 is 0. The van der Waals surface area contributed by atoms with Gasteiger partial charge in [0.1, 0.15) is 6.10 Å². The number of aryl methyl sites for hydroxylation is 2. The lowest BCUT2D eigenvalue weighted by atomic mass is 10.2. The quantitative estimate of drug-likeness (QED) is 0.808. The van der Waals surface area contributed by atoms with Crippen molar-refractivity contribution in [3.05, 3.63) is 59.9 Å². The van der Waals surface area contributed by atoms with Crippen molar-refractivity contribution in [2.45, 2.75) is 12.5 Å². The number of hydrogen-bond donors (Lipinski definition) is 2. The molecule has 0 amide bonds. The third kappa shape index (κ3) is 4.70. The van der Waals surface area contributed by atoms with Gasteiger partial charge in [-0.15, -0.1) is 0 Å². The Morgan fingerprint density at radius 3 is 2.52 bits per heavy atom. The highest BCUT2D eigenvalue weighted by Crippen LogP contribution is 2.11. The fraction of sp³-hybridized carbons (Fsp3) is 0.333. The molecule has 0 fully saturated rings. The van der Waals surface area contributed by atoms with Gasteiger partial charge < -0.3 is 9.67 Å². The summed E-state index contributed by atoms with van der Waals surface area (Å²) < 4.78 is 28.1. The van der Waals surface area contributed by atoms with E-state index in [2.05, 4.69) is 4.72 Å². The van der Waals surface area contributed by atoms with Crippen LogP contribution in [0, 0.1) is 0 Å². The maximum absolute atomic E-state index is 11.9. The minimum Gasteiger partial charge on any atom is -0.386 e. The van der Waals surface area contributed by atoms with E-state index < -0.39 is 16.1 Å². The van der Waals surface area contributed by atoms with Gasteiger partial charge in [-0.25, -0.2) is 13.1 Å². The van der Waals surface area contributed by atoms with Gasteiger partial charge in [-0.1, -0.05) is 30.3 Å². The molecule has 1 heterocycles. The van der Waals surface area contributed by atoms with Gasteiger partial charge in [0.2, 0.25) is 10.0 Å². The minimum atomic E-state index is -3.40. The first kappa shape index (κ1) is 15.8. The lowest BCUT2D eigenvalue weighted by molar-refractivity contribution is 0.173. The number of aromatic nitrogens is 1. The summed E-state index contributed by atoms with van der Waals surface area (Å²) in [6.07, 6.45) is 1.41. The maximum Gasteiger partial charge on any atom is 0.212 e. The van der Waals surface area contributed by atoms with Crippen LogP contribution in [0.15, 0.2) is 48.7 Å². The molecule has 5 nitrogen and oxygen atoms in total. The van der Waals surface area contributed by atoms with Gasteiger partial charge in [0.15, 0.2) is 0 Å². The fourth-order valence-corrected chi connectivity index (χ4v) is 3.16. The molecule has 1 atom stereocenters. The van der Waals surface area contributed by atoms with Crippen molar-refractivity contribution in [3.63, 3.8) is 0 Å². The summed E-state index contributed by atoms with van der Waals surface area (Å²) in [5.74, 6) is 0.0108. The molecule has 1 aromatic heterocycles. The molecule has 6 heteroatoms. The predicted octanol–water partition coefficient (Wildman–Crippen LogP) is 1.22. The summed E-state index contributed by atoms with van der Waals surface area (Å²) in [7, 11) is -1.59. The molecule has 0 radical (unpaired) electrons. The molecule has 2 aromatic rings. The zero-order chi connectivity index (χ0) is 15.3. The minimum absolute atomic E-state index is 0.0108. The number of hydrogen-bond acceptors (Lipinski definition) is 3. The molecule has 0 aliphatic carbocycles. The van der Waals surface area contributed by atoms with Crippen LogP contribution in [0.2, 0.25) is 0 Å². The lowest BCUT2D eigenvalue weighted by Gasteiger charge is -2.13. The number of sulfonamides is 1. The van der Waals surface area contributed by atoms with E-state index in [4.69, 9.17) is 0 Å². The highest BCUT2D eigenvalue weighted by molar-refractivity contribution is 7.89. The van der Waals surface area contributed by atoms with Gasteiger partial charge in [0.25, 0.3) is 0 Å². The topological polar surface area (TPSA) is 71.3 Å². The normalized spacial score (nSPS) is 13.2. The number of benzene rings is 1. The van der Waals surface area contributed by atoms with Crippen molar-refractivity contribution in [3.8, 4) is 0 Å². The van der Waals surface area contributed by atoms with Gasteiger partial charge in [-0.05, 0) is 24.1 Å². The van der Waals surface area contributed by atoms with Crippen molar-refractivity contribution in [1.82, 2.24) is 9.29 Å². The fourth-order valence-electron chi connectivity index (χ4n) is 2.10. The second kappa shape index (κ2) is 6.89. The molecular formula is C15H20N2O3S. The van der Waals surface area contributed by atoms with E-state index in [1.807, 2.05) is 49.6 Å². The SMILES string of the molecule is Cn1cccc1C(O)CNS(=O)(=O)CCc1ccccc1. The number of aliphatic hydroxyl groups is 1. The van der Waals surface area contributed by atoms with Crippen LogP contribution in [0.1, 0.15) is 17.4 Å². The van der Waals surface area contributed by atoms with E-state index in [1.165, 1.54) is 0 Å². The summed E-state index contributed by atoms with van der Waals surface area (Å²) in [5, 5.41) is 9.99. The molecule has 0 aliphatic rings. The molecule has 0 saturated carbocycles. The Kier molecular flexibility index (Phi) is 5.17. The van der Waals surface area contributed by atoms with Crippen molar-refractivity contribution in [2.75, 3.05) is 12.3 Å². The average molecular weight is 308 g/mol. The van der Waals surface area contributed by atoms with Crippen molar-refractivity contribution < 1.29 is 13.5 Å². The maximum atomic E-state index is 11.9. The second-order valence-corrected chi connectivity index (χ2v) is 6.89. The first-order valence-electron chi connectivity index (χ1n) is 6.78. The van der Waals surface area contributed by atoms with Gasteiger partial charge in [-0.3, -0.25) is 0 Å². The van der Waals surface area contributed by atoms with Crippen LogP contribution in [0.25, 0.3) is 0 Å². The van der Waals surface area contributed by atoms with E-state index in [9.17, 15) is 13.5 Å². The Labute approximate surface area is 125 Å². The molecule has 1 aromatic carbocycles. The van der Waals surface area contributed by atoms with E-state index in [1.54, 1.807) is 10.6 Å². The van der Waals surface area contributed by atoms with Crippen molar-refractivity contribution in [1.29, 1.82) is 0 Å². The summed E-state index contributed by atoms with van der Waals surface area (Å²) in [6.45, 7) is -0.0189. The zero-order valence-corrected chi connectivity index (χ0v) is 12.8. The van der Waals surface area contributed by atoms with Crippen molar-refractivity contribution in [2.24, 2.45) is 7.05 Å². The summed E-state index contributed by atoms with van der Waals surface area (Å²) in [6, 6.07) is 13.0. The van der Waals surface area contributed by atoms with Gasteiger partial charge >= 0.3 is 0 Å². The van der Waals surface area contributed by atoms with Crippen LogP contribution in [0.4, 0.5) is 0 Å². The lowest BCUT2D eigenvalue weighted by Crippen LogP contribution is -2.31. The summed E-state index contributed by atoms with van der Waals surface area (Å²) in [4.78, 5) is 0. The Morgan fingerprint density at radius 1 is 1.19 bits per heavy atom. The second-order valence-electron chi connectivity index (χ2n) is 4.96. The Balaban J connectivity index is 1.85. The molecule has 0 aliphatic heterocycles. The van der Waals surface area contributed by atoms with Crippen LogP contribution in [-0.2, 0) is 23.5 Å². The average Bonchev–Trinajstić information content (AvgIpc) is 2.90. The van der Waals surface area contributed by atoms with Crippen LogP contribution in [0.3, 0.4) is 0 Å². The Hall–Kier alpha value is -1.63. The first-order chi connectivity index (χ1) is 9.98. The molecular weight excluding hydrogens is 288 g/mol. The van der Waals surface area contributed by atoms with Crippen LogP contribution in [-0.4, -0.2) is 30.4 Å². The highest BCUT2D eigenvalue weighted by atomic mass is 32.2. The van der Waals surface area contributed by atoms with Crippen LogP contribution >= 0.6 is 0 Å². The molecule has 0 spiro atoms. The number of nitrogens with one attached hydrogen (secondary N) is 1. The van der Waals surface area contributed by atoms with Crippen LogP contribution < -0.4 is 4.72 Å². The predicted molar refractivity (Wildman–Crippen MR) is 82.3 cm³/mol. The molecule has 2 rings (SSSR count). The van der Waals surface area contributed by atoms with Gasteiger partial charge in [0.05, 0.1) is 5.75 Å². The Morgan fingerprint density at radius 2 is 1.90 bits per heavy atom. The van der Waals surface area contributed by atoms with E-state index in [-0.39, 0.29) is 12.3 Å². The van der Waals surface area contributed by atoms with Gasteiger partial charge in [0, 0.05) is 25.5 Å². The number of nitrogens with zero attached hydrogens (tertiary/aromatic N) is 1. The number of aliphatic hydroxyl groups excluding tert-OH is 1. The number of rotatable bonds is 7. The highest BCUT2D eigenvalue weighted by Gasteiger charge is 2.15. The molecule has 0 bridgehead atoms. The summed E-state index contributed by atoms with van der Waals surface area (Å²) in [5.41, 5.74) is 1.66. The van der Waals surface area contributed by atoms with E-state index in [0.717, 1.165) is 5.56 Å². The molecule has 21 heavy (non-hydrogen) atoms. The monoisotopic (exact) mass is 308 g/mol. The third-order valence-electron chi connectivity index (χ3n) is 3.32. The third-order valence-corrected chi connectivity index (χ3v) is 4.67. The van der Waals surface area contributed by atoms with Gasteiger partial charge in [-0.2, -0.15) is 0 Å².